The van der Waals surface area contributed by atoms with Crippen molar-refractivity contribution in [1.29, 1.82) is 0 Å². The van der Waals surface area contributed by atoms with Crippen LogP contribution in [0.3, 0.4) is 0 Å². The van der Waals surface area contributed by atoms with Crippen molar-refractivity contribution < 1.29 is 4.79 Å². The van der Waals surface area contributed by atoms with Crippen LogP contribution in [0.25, 0.3) is 0 Å². The highest BCUT2D eigenvalue weighted by atomic mass is 35.5. The zero-order valence-electron chi connectivity index (χ0n) is 11.2. The van der Waals surface area contributed by atoms with E-state index in [2.05, 4.69) is 10.6 Å². The Morgan fingerprint density at radius 1 is 1.33 bits per heavy atom. The van der Waals surface area contributed by atoms with Crippen LogP contribution in [0.15, 0.2) is 24.3 Å². The van der Waals surface area contributed by atoms with Crippen molar-refractivity contribution in [3.63, 3.8) is 0 Å². The van der Waals surface area contributed by atoms with Crippen molar-refractivity contribution in [3.8, 4) is 0 Å². The molecule has 1 unspecified atom stereocenters. The predicted octanol–water partition coefficient (Wildman–Crippen LogP) is 2.76. The molecule has 0 bridgehead atoms. The van der Waals surface area contributed by atoms with E-state index in [1.165, 1.54) is 0 Å². The predicted molar refractivity (Wildman–Crippen MR) is 75.7 cm³/mol. The highest BCUT2D eigenvalue weighted by Gasteiger charge is 2.16. The number of amides is 1. The van der Waals surface area contributed by atoms with Gasteiger partial charge in [0, 0.05) is 17.5 Å². The molecule has 0 fully saturated rings. The molecule has 2 N–H and O–H groups in total. The fourth-order valence-electron chi connectivity index (χ4n) is 1.71. The quantitative estimate of drug-likeness (QED) is 0.833. The molecule has 0 aliphatic heterocycles. The molecule has 100 valence electrons. The van der Waals surface area contributed by atoms with Gasteiger partial charge in [0.25, 0.3) is 0 Å². The Bertz CT molecular complexity index is 395. The van der Waals surface area contributed by atoms with Gasteiger partial charge in [0.15, 0.2) is 0 Å². The molecule has 0 saturated carbocycles. The highest BCUT2D eigenvalue weighted by molar-refractivity contribution is 6.31. The van der Waals surface area contributed by atoms with Gasteiger partial charge in [-0.1, -0.05) is 43.6 Å². The van der Waals surface area contributed by atoms with E-state index in [-0.39, 0.29) is 17.9 Å². The molecule has 1 aromatic rings. The van der Waals surface area contributed by atoms with Crippen molar-refractivity contribution >= 4 is 17.5 Å². The van der Waals surface area contributed by atoms with Gasteiger partial charge in [-0.15, -0.1) is 0 Å². The van der Waals surface area contributed by atoms with Crippen LogP contribution in [-0.2, 0) is 4.79 Å². The lowest BCUT2D eigenvalue weighted by Crippen LogP contribution is -2.36. The summed E-state index contributed by atoms with van der Waals surface area (Å²) in [7, 11) is 0. The molecule has 18 heavy (non-hydrogen) atoms. The fraction of sp³-hybridized carbons (Fsp3) is 0.500. The molecule has 1 rings (SSSR count). The number of carbonyl (C=O) groups is 1. The summed E-state index contributed by atoms with van der Waals surface area (Å²) in [4.78, 5) is 11.9. The van der Waals surface area contributed by atoms with Crippen LogP contribution >= 0.6 is 11.6 Å². The van der Waals surface area contributed by atoms with Crippen molar-refractivity contribution in [2.45, 2.75) is 26.8 Å². The van der Waals surface area contributed by atoms with E-state index in [9.17, 15) is 4.79 Å². The SMILES string of the molecule is CCNCC(C)C(=O)N[C@@H](C)c1ccccc1Cl. The van der Waals surface area contributed by atoms with Gasteiger partial charge in [-0.05, 0) is 25.1 Å². The van der Waals surface area contributed by atoms with E-state index in [1.54, 1.807) is 0 Å². The van der Waals surface area contributed by atoms with Crippen LogP contribution in [0, 0.1) is 5.92 Å². The molecule has 0 saturated heterocycles. The number of carbonyl (C=O) groups excluding carboxylic acids is 1. The molecule has 0 aliphatic carbocycles. The van der Waals surface area contributed by atoms with Crippen molar-refractivity contribution in [2.24, 2.45) is 5.92 Å². The van der Waals surface area contributed by atoms with E-state index < -0.39 is 0 Å². The second-order valence-corrected chi connectivity index (χ2v) is 4.87. The summed E-state index contributed by atoms with van der Waals surface area (Å²) in [5.41, 5.74) is 0.947. The molecular formula is C14H21ClN2O. The molecule has 2 atom stereocenters. The summed E-state index contributed by atoms with van der Waals surface area (Å²) < 4.78 is 0. The minimum Gasteiger partial charge on any atom is -0.349 e. The smallest absolute Gasteiger partial charge is 0.224 e. The van der Waals surface area contributed by atoms with E-state index >= 15 is 0 Å². The largest absolute Gasteiger partial charge is 0.349 e. The second-order valence-electron chi connectivity index (χ2n) is 4.46. The number of halogens is 1. The standard InChI is InChI=1S/C14H21ClN2O/c1-4-16-9-10(2)14(18)17-11(3)12-7-5-6-8-13(12)15/h5-8,10-11,16H,4,9H2,1-3H3,(H,17,18)/t10?,11-/m0/s1. The topological polar surface area (TPSA) is 41.1 Å². The summed E-state index contributed by atoms with van der Waals surface area (Å²) in [6.45, 7) is 7.45. The monoisotopic (exact) mass is 268 g/mol. The van der Waals surface area contributed by atoms with E-state index in [0.29, 0.717) is 11.6 Å². The number of rotatable bonds is 6. The lowest BCUT2D eigenvalue weighted by molar-refractivity contribution is -0.125. The minimum atomic E-state index is -0.0738. The summed E-state index contributed by atoms with van der Waals surface area (Å²) >= 11 is 6.10. The van der Waals surface area contributed by atoms with Gasteiger partial charge in [-0.25, -0.2) is 0 Å². The minimum absolute atomic E-state index is 0.0448. The van der Waals surface area contributed by atoms with Gasteiger partial charge < -0.3 is 10.6 Å². The molecular weight excluding hydrogens is 248 g/mol. The average Bonchev–Trinajstić information content (AvgIpc) is 2.36. The lowest BCUT2D eigenvalue weighted by atomic mass is 10.1. The van der Waals surface area contributed by atoms with Crippen LogP contribution < -0.4 is 10.6 Å². The first kappa shape index (κ1) is 15.0. The zero-order chi connectivity index (χ0) is 13.5. The summed E-state index contributed by atoms with van der Waals surface area (Å²) in [5, 5.41) is 6.83. The molecule has 0 heterocycles. The van der Waals surface area contributed by atoms with Crippen molar-refractivity contribution in [1.82, 2.24) is 10.6 Å². The van der Waals surface area contributed by atoms with Gasteiger partial charge in [0.1, 0.15) is 0 Å². The lowest BCUT2D eigenvalue weighted by Gasteiger charge is -2.19. The molecule has 0 spiro atoms. The van der Waals surface area contributed by atoms with Crippen LogP contribution in [-0.4, -0.2) is 19.0 Å². The van der Waals surface area contributed by atoms with Crippen LogP contribution in [0.5, 0.6) is 0 Å². The van der Waals surface area contributed by atoms with E-state index in [1.807, 2.05) is 45.0 Å². The number of hydrogen-bond acceptors (Lipinski definition) is 2. The Morgan fingerprint density at radius 3 is 2.61 bits per heavy atom. The van der Waals surface area contributed by atoms with Crippen LogP contribution in [0.4, 0.5) is 0 Å². The third-order valence-electron chi connectivity index (χ3n) is 2.88. The van der Waals surface area contributed by atoms with Gasteiger partial charge in [-0.2, -0.15) is 0 Å². The molecule has 0 aliphatic rings. The van der Waals surface area contributed by atoms with Gasteiger partial charge >= 0.3 is 0 Å². The van der Waals surface area contributed by atoms with Gasteiger partial charge in [0.05, 0.1) is 6.04 Å². The van der Waals surface area contributed by atoms with Crippen LogP contribution in [0.1, 0.15) is 32.4 Å². The Labute approximate surface area is 114 Å². The normalized spacial score (nSPS) is 14.0. The van der Waals surface area contributed by atoms with Gasteiger partial charge in [-0.3, -0.25) is 4.79 Å². The Morgan fingerprint density at radius 2 is 2.00 bits per heavy atom. The Balaban J connectivity index is 2.57. The Kier molecular flexibility index (Phi) is 6.16. The highest BCUT2D eigenvalue weighted by Crippen LogP contribution is 2.22. The number of nitrogens with one attached hydrogen (secondary N) is 2. The first-order valence-corrected chi connectivity index (χ1v) is 6.69. The summed E-state index contributed by atoms with van der Waals surface area (Å²) in [6.07, 6.45) is 0. The Hall–Kier alpha value is -1.06. The van der Waals surface area contributed by atoms with Crippen molar-refractivity contribution in [3.05, 3.63) is 34.9 Å². The first-order chi connectivity index (χ1) is 8.56. The molecule has 0 aromatic heterocycles. The van der Waals surface area contributed by atoms with Crippen molar-refractivity contribution in [2.75, 3.05) is 13.1 Å². The fourth-order valence-corrected chi connectivity index (χ4v) is 2.01. The van der Waals surface area contributed by atoms with E-state index in [4.69, 9.17) is 11.6 Å². The maximum Gasteiger partial charge on any atom is 0.224 e. The number of benzene rings is 1. The molecule has 3 nitrogen and oxygen atoms in total. The molecule has 1 aromatic carbocycles. The number of hydrogen-bond donors (Lipinski definition) is 2. The van der Waals surface area contributed by atoms with E-state index in [0.717, 1.165) is 12.1 Å². The first-order valence-electron chi connectivity index (χ1n) is 6.31. The summed E-state index contributed by atoms with van der Waals surface area (Å²) in [6, 6.07) is 7.50. The second kappa shape index (κ2) is 7.39. The third-order valence-corrected chi connectivity index (χ3v) is 3.22. The average molecular weight is 269 g/mol. The molecule has 1 amide bonds. The maximum absolute atomic E-state index is 11.9. The molecule has 4 heteroatoms. The summed E-state index contributed by atoms with van der Waals surface area (Å²) in [5.74, 6) is -0.00161. The maximum atomic E-state index is 11.9. The molecule has 0 radical (unpaired) electrons. The van der Waals surface area contributed by atoms with Crippen LogP contribution in [0.2, 0.25) is 5.02 Å². The third kappa shape index (κ3) is 4.31. The van der Waals surface area contributed by atoms with Gasteiger partial charge in [0.2, 0.25) is 5.91 Å². The zero-order valence-corrected chi connectivity index (χ0v) is 11.9.